The molecule has 1 amide bonds. The molecule has 0 spiro atoms. The SMILES string of the molecule is Cc1cc2occ(CC(=O)NCC3=CCNCC3)c2cc1C.Cl. The molecule has 2 N–H and O–H groups in total. The van der Waals surface area contributed by atoms with Crippen LogP contribution in [0.4, 0.5) is 0 Å². The van der Waals surface area contributed by atoms with E-state index in [0.717, 1.165) is 36.0 Å². The van der Waals surface area contributed by atoms with Gasteiger partial charge in [-0.3, -0.25) is 4.79 Å². The number of rotatable bonds is 4. The number of hydrogen-bond donors (Lipinski definition) is 2. The minimum atomic E-state index is 0. The summed E-state index contributed by atoms with van der Waals surface area (Å²) < 4.78 is 5.58. The third-order valence-corrected chi connectivity index (χ3v) is 4.29. The predicted octanol–water partition coefficient (Wildman–Crippen LogP) is 3.05. The molecule has 124 valence electrons. The number of fused-ring (bicyclic) bond motifs is 1. The summed E-state index contributed by atoms with van der Waals surface area (Å²) >= 11 is 0. The third kappa shape index (κ3) is 4.15. The number of benzene rings is 1. The lowest BCUT2D eigenvalue weighted by Gasteiger charge is -2.14. The Morgan fingerprint density at radius 1 is 1.30 bits per heavy atom. The first kappa shape index (κ1) is 17.6. The molecule has 0 saturated heterocycles. The van der Waals surface area contributed by atoms with E-state index < -0.39 is 0 Å². The van der Waals surface area contributed by atoms with Gasteiger partial charge in [0.2, 0.25) is 5.91 Å². The van der Waals surface area contributed by atoms with Gasteiger partial charge in [-0.1, -0.05) is 11.6 Å². The highest BCUT2D eigenvalue weighted by atomic mass is 35.5. The average Bonchev–Trinajstić information content (AvgIpc) is 2.89. The number of carbonyl (C=O) groups is 1. The Hall–Kier alpha value is -1.78. The van der Waals surface area contributed by atoms with E-state index in [1.807, 2.05) is 6.07 Å². The van der Waals surface area contributed by atoms with E-state index in [1.165, 1.54) is 16.7 Å². The van der Waals surface area contributed by atoms with E-state index in [1.54, 1.807) is 6.26 Å². The van der Waals surface area contributed by atoms with Gasteiger partial charge in [-0.15, -0.1) is 12.4 Å². The normalized spacial score (nSPS) is 14.3. The number of furan rings is 1. The molecule has 5 heteroatoms. The molecule has 1 aliphatic rings. The van der Waals surface area contributed by atoms with Crippen molar-refractivity contribution >= 4 is 29.3 Å². The van der Waals surface area contributed by atoms with Crippen LogP contribution in [0.5, 0.6) is 0 Å². The summed E-state index contributed by atoms with van der Waals surface area (Å²) in [6, 6.07) is 4.14. The van der Waals surface area contributed by atoms with Crippen LogP contribution in [-0.2, 0) is 11.2 Å². The van der Waals surface area contributed by atoms with E-state index in [9.17, 15) is 4.79 Å². The maximum absolute atomic E-state index is 12.2. The van der Waals surface area contributed by atoms with Crippen molar-refractivity contribution in [3.8, 4) is 0 Å². The molecule has 1 aliphatic heterocycles. The van der Waals surface area contributed by atoms with Crippen LogP contribution >= 0.6 is 12.4 Å². The fourth-order valence-corrected chi connectivity index (χ4v) is 2.75. The quantitative estimate of drug-likeness (QED) is 0.845. The van der Waals surface area contributed by atoms with Gasteiger partial charge in [0.15, 0.2) is 0 Å². The molecule has 0 bridgehead atoms. The van der Waals surface area contributed by atoms with Gasteiger partial charge in [-0.25, -0.2) is 0 Å². The monoisotopic (exact) mass is 334 g/mol. The zero-order chi connectivity index (χ0) is 15.5. The second kappa shape index (κ2) is 7.66. The number of carbonyl (C=O) groups excluding carboxylic acids is 1. The topological polar surface area (TPSA) is 54.3 Å². The van der Waals surface area contributed by atoms with Crippen LogP contribution < -0.4 is 10.6 Å². The van der Waals surface area contributed by atoms with Gasteiger partial charge in [-0.2, -0.15) is 0 Å². The Bertz CT molecular complexity index is 734. The van der Waals surface area contributed by atoms with Crippen LogP contribution in [0, 0.1) is 13.8 Å². The molecular formula is C18H23ClN2O2. The molecule has 4 nitrogen and oxygen atoms in total. The first-order valence-corrected chi connectivity index (χ1v) is 7.76. The van der Waals surface area contributed by atoms with E-state index in [2.05, 4.69) is 36.6 Å². The molecular weight excluding hydrogens is 312 g/mol. The summed E-state index contributed by atoms with van der Waals surface area (Å²) in [5.41, 5.74) is 5.53. The minimum Gasteiger partial charge on any atom is -0.464 e. The van der Waals surface area contributed by atoms with Gasteiger partial charge < -0.3 is 15.1 Å². The summed E-state index contributed by atoms with van der Waals surface area (Å²) in [5, 5.41) is 7.31. The molecule has 0 radical (unpaired) electrons. The van der Waals surface area contributed by atoms with Crippen LogP contribution in [0.2, 0.25) is 0 Å². The summed E-state index contributed by atoms with van der Waals surface area (Å²) in [5.74, 6) is 0.0420. The molecule has 1 aromatic heterocycles. The number of nitrogens with one attached hydrogen (secondary N) is 2. The Balaban J connectivity index is 0.00000192. The van der Waals surface area contributed by atoms with Crippen molar-refractivity contribution in [2.45, 2.75) is 26.7 Å². The van der Waals surface area contributed by atoms with Crippen molar-refractivity contribution in [1.82, 2.24) is 10.6 Å². The molecule has 3 rings (SSSR count). The van der Waals surface area contributed by atoms with Gasteiger partial charge in [0.05, 0.1) is 12.7 Å². The lowest BCUT2D eigenvalue weighted by atomic mass is 10.0. The van der Waals surface area contributed by atoms with Crippen LogP contribution in [0.1, 0.15) is 23.1 Å². The van der Waals surface area contributed by atoms with Crippen molar-refractivity contribution < 1.29 is 9.21 Å². The fourth-order valence-electron chi connectivity index (χ4n) is 2.75. The zero-order valence-corrected chi connectivity index (χ0v) is 14.4. The Labute approximate surface area is 142 Å². The molecule has 1 aromatic carbocycles. The maximum Gasteiger partial charge on any atom is 0.224 e. The van der Waals surface area contributed by atoms with Crippen molar-refractivity contribution in [3.63, 3.8) is 0 Å². The van der Waals surface area contributed by atoms with Gasteiger partial charge in [0.1, 0.15) is 5.58 Å². The van der Waals surface area contributed by atoms with Gasteiger partial charge in [0, 0.05) is 24.0 Å². The molecule has 0 atom stereocenters. The largest absolute Gasteiger partial charge is 0.464 e. The number of aryl methyl sites for hydroxylation is 2. The summed E-state index contributed by atoms with van der Waals surface area (Å²) in [7, 11) is 0. The highest BCUT2D eigenvalue weighted by molar-refractivity contribution is 5.88. The lowest BCUT2D eigenvalue weighted by molar-refractivity contribution is -0.120. The first-order chi connectivity index (χ1) is 10.6. The smallest absolute Gasteiger partial charge is 0.224 e. The van der Waals surface area contributed by atoms with Gasteiger partial charge in [0.25, 0.3) is 0 Å². The summed E-state index contributed by atoms with van der Waals surface area (Å²) in [4.78, 5) is 12.2. The molecule has 0 fully saturated rings. The highest BCUT2D eigenvalue weighted by Crippen LogP contribution is 2.25. The Kier molecular flexibility index (Phi) is 5.85. The lowest BCUT2D eigenvalue weighted by Crippen LogP contribution is -2.30. The van der Waals surface area contributed by atoms with Crippen LogP contribution in [0.15, 0.2) is 34.5 Å². The standard InChI is InChI=1S/C18H22N2O2.ClH/c1-12-7-16-15(11-22-17(16)8-13(12)2)9-18(21)20-10-14-3-5-19-6-4-14;/h3,7-8,11,19H,4-6,9-10H2,1-2H3,(H,20,21);1H. The number of hydrogen-bond acceptors (Lipinski definition) is 3. The zero-order valence-electron chi connectivity index (χ0n) is 13.6. The molecule has 0 unspecified atom stereocenters. The average molecular weight is 335 g/mol. The second-order valence-corrected chi connectivity index (χ2v) is 5.96. The van der Waals surface area contributed by atoms with E-state index >= 15 is 0 Å². The summed E-state index contributed by atoms with van der Waals surface area (Å²) in [6.45, 7) is 6.68. The maximum atomic E-state index is 12.2. The van der Waals surface area contributed by atoms with Crippen molar-refractivity contribution in [2.24, 2.45) is 0 Å². The van der Waals surface area contributed by atoms with Gasteiger partial charge in [-0.05, 0) is 50.1 Å². The van der Waals surface area contributed by atoms with Gasteiger partial charge >= 0.3 is 0 Å². The second-order valence-electron chi connectivity index (χ2n) is 5.96. The van der Waals surface area contributed by atoms with E-state index in [0.29, 0.717) is 13.0 Å². The third-order valence-electron chi connectivity index (χ3n) is 4.29. The van der Waals surface area contributed by atoms with Crippen LogP contribution in [0.25, 0.3) is 11.0 Å². The highest BCUT2D eigenvalue weighted by Gasteiger charge is 2.12. The van der Waals surface area contributed by atoms with Crippen molar-refractivity contribution in [1.29, 1.82) is 0 Å². The molecule has 2 aromatic rings. The number of halogens is 1. The fraction of sp³-hybridized carbons (Fsp3) is 0.389. The predicted molar refractivity (Wildman–Crippen MR) is 95.2 cm³/mol. The van der Waals surface area contributed by atoms with Crippen LogP contribution in [-0.4, -0.2) is 25.5 Å². The summed E-state index contributed by atoms with van der Waals surface area (Å²) in [6.07, 6.45) is 5.23. The first-order valence-electron chi connectivity index (χ1n) is 7.76. The molecule has 2 heterocycles. The molecule has 0 aliphatic carbocycles. The van der Waals surface area contributed by atoms with Crippen molar-refractivity contribution in [3.05, 3.63) is 46.7 Å². The van der Waals surface area contributed by atoms with E-state index in [4.69, 9.17) is 4.42 Å². The number of amides is 1. The molecule has 0 saturated carbocycles. The van der Waals surface area contributed by atoms with Crippen LogP contribution in [0.3, 0.4) is 0 Å². The van der Waals surface area contributed by atoms with E-state index in [-0.39, 0.29) is 18.3 Å². The Morgan fingerprint density at radius 3 is 2.83 bits per heavy atom. The molecule has 23 heavy (non-hydrogen) atoms. The Morgan fingerprint density at radius 2 is 2.09 bits per heavy atom. The minimum absolute atomic E-state index is 0. The van der Waals surface area contributed by atoms with Crippen molar-refractivity contribution in [2.75, 3.05) is 19.6 Å².